The van der Waals surface area contributed by atoms with Gasteiger partial charge in [-0.05, 0) is 13.8 Å². The van der Waals surface area contributed by atoms with Gasteiger partial charge in [-0.15, -0.1) is 0 Å². The average molecular weight is 148 g/mol. The van der Waals surface area contributed by atoms with Crippen LogP contribution in [0.2, 0.25) is 0 Å². The molecule has 0 fully saturated rings. The van der Waals surface area contributed by atoms with Gasteiger partial charge in [0.05, 0.1) is 12.7 Å². The van der Waals surface area contributed by atoms with Crippen LogP contribution in [-0.2, 0) is 9.53 Å². The second kappa shape index (κ2) is 4.24. The summed E-state index contributed by atoms with van der Waals surface area (Å²) in [7, 11) is 0. The molecule has 0 amide bonds. The van der Waals surface area contributed by atoms with Crippen molar-refractivity contribution < 1.29 is 19.7 Å². The molecule has 0 saturated heterocycles. The number of ether oxygens (including phenoxy) is 1. The van der Waals surface area contributed by atoms with Gasteiger partial charge in [-0.3, -0.25) is 0 Å². The first-order valence-corrected chi connectivity index (χ1v) is 3.12. The Labute approximate surface area is 59.4 Å². The molecule has 0 aromatic carbocycles. The minimum absolute atomic E-state index is 0.211. The van der Waals surface area contributed by atoms with Gasteiger partial charge in [0.15, 0.2) is 6.10 Å². The number of aliphatic hydroxyl groups excluding tert-OH is 2. The first-order valence-electron chi connectivity index (χ1n) is 3.12. The van der Waals surface area contributed by atoms with Crippen LogP contribution in [0.1, 0.15) is 13.8 Å². The van der Waals surface area contributed by atoms with E-state index >= 15 is 0 Å². The van der Waals surface area contributed by atoms with Gasteiger partial charge in [0.25, 0.3) is 0 Å². The quantitative estimate of drug-likeness (QED) is 0.519. The molecule has 0 bridgehead atoms. The van der Waals surface area contributed by atoms with Crippen molar-refractivity contribution >= 4 is 5.97 Å². The van der Waals surface area contributed by atoms with Crippen LogP contribution in [0.25, 0.3) is 0 Å². The van der Waals surface area contributed by atoms with Crippen LogP contribution in [0, 0.1) is 0 Å². The Kier molecular flexibility index (Phi) is 3.99. The SMILES string of the molecule is CCOC(=O)[C@H](O)[C@@H](C)O. The molecule has 2 atom stereocenters. The second-order valence-electron chi connectivity index (χ2n) is 1.94. The van der Waals surface area contributed by atoms with E-state index in [1.165, 1.54) is 6.92 Å². The van der Waals surface area contributed by atoms with E-state index in [1.807, 2.05) is 0 Å². The second-order valence-corrected chi connectivity index (χ2v) is 1.94. The van der Waals surface area contributed by atoms with Gasteiger partial charge in [0, 0.05) is 0 Å². The molecule has 0 aliphatic heterocycles. The van der Waals surface area contributed by atoms with Gasteiger partial charge < -0.3 is 14.9 Å². The molecule has 10 heavy (non-hydrogen) atoms. The number of carbonyl (C=O) groups is 1. The fourth-order valence-corrected chi connectivity index (χ4v) is 0.425. The monoisotopic (exact) mass is 148 g/mol. The predicted molar refractivity (Wildman–Crippen MR) is 34.3 cm³/mol. The summed E-state index contributed by atoms with van der Waals surface area (Å²) >= 11 is 0. The number of esters is 1. The van der Waals surface area contributed by atoms with Crippen LogP contribution in [-0.4, -0.2) is 35.0 Å². The molecular weight excluding hydrogens is 136 g/mol. The molecule has 0 aromatic heterocycles. The number of hydrogen-bond acceptors (Lipinski definition) is 4. The third kappa shape index (κ3) is 2.80. The molecule has 0 heterocycles. The molecule has 60 valence electrons. The first-order chi connectivity index (χ1) is 4.59. The molecule has 0 aliphatic carbocycles. The topological polar surface area (TPSA) is 66.8 Å². The molecule has 0 spiro atoms. The maximum absolute atomic E-state index is 10.6. The van der Waals surface area contributed by atoms with Gasteiger partial charge in [0.2, 0.25) is 0 Å². The summed E-state index contributed by atoms with van der Waals surface area (Å²) < 4.78 is 4.42. The van der Waals surface area contributed by atoms with E-state index in [0.717, 1.165) is 0 Å². The highest BCUT2D eigenvalue weighted by Gasteiger charge is 2.20. The van der Waals surface area contributed by atoms with Crippen LogP contribution in [0.4, 0.5) is 0 Å². The van der Waals surface area contributed by atoms with Crippen molar-refractivity contribution in [2.24, 2.45) is 0 Å². The summed E-state index contributed by atoms with van der Waals surface area (Å²) in [5.41, 5.74) is 0. The van der Waals surface area contributed by atoms with Crippen molar-refractivity contribution in [2.45, 2.75) is 26.1 Å². The van der Waals surface area contributed by atoms with Gasteiger partial charge >= 0.3 is 5.97 Å². The lowest BCUT2D eigenvalue weighted by atomic mass is 10.2. The molecule has 0 saturated carbocycles. The van der Waals surface area contributed by atoms with Crippen LogP contribution in [0.5, 0.6) is 0 Å². The third-order valence-electron chi connectivity index (χ3n) is 0.985. The standard InChI is InChI=1S/C6H12O4/c1-3-10-6(9)5(8)4(2)7/h4-5,7-8H,3H2,1-2H3/t4-,5-/m1/s1. The molecule has 0 unspecified atom stereocenters. The zero-order chi connectivity index (χ0) is 8.15. The highest BCUT2D eigenvalue weighted by molar-refractivity contribution is 5.74. The minimum Gasteiger partial charge on any atom is -0.464 e. The van der Waals surface area contributed by atoms with Crippen molar-refractivity contribution in [1.29, 1.82) is 0 Å². The fraction of sp³-hybridized carbons (Fsp3) is 0.833. The van der Waals surface area contributed by atoms with Crippen molar-refractivity contribution in [2.75, 3.05) is 6.61 Å². The Morgan fingerprint density at radius 3 is 2.40 bits per heavy atom. The van der Waals surface area contributed by atoms with E-state index in [2.05, 4.69) is 4.74 Å². The Balaban J connectivity index is 3.71. The maximum atomic E-state index is 10.6. The Bertz CT molecular complexity index is 110. The van der Waals surface area contributed by atoms with Crippen molar-refractivity contribution in [1.82, 2.24) is 0 Å². The molecule has 2 N–H and O–H groups in total. The molecular formula is C6H12O4. The molecule has 4 nitrogen and oxygen atoms in total. The third-order valence-corrected chi connectivity index (χ3v) is 0.985. The molecule has 4 heteroatoms. The van der Waals surface area contributed by atoms with Crippen LogP contribution in [0.15, 0.2) is 0 Å². The van der Waals surface area contributed by atoms with Gasteiger partial charge in [-0.25, -0.2) is 4.79 Å². The van der Waals surface area contributed by atoms with Crippen LogP contribution < -0.4 is 0 Å². The van der Waals surface area contributed by atoms with Gasteiger partial charge in [-0.2, -0.15) is 0 Å². The average Bonchev–Trinajstić information content (AvgIpc) is 1.87. The predicted octanol–water partition coefficient (Wildman–Crippen LogP) is -0.709. The number of rotatable bonds is 3. The Morgan fingerprint density at radius 2 is 2.10 bits per heavy atom. The summed E-state index contributed by atoms with van der Waals surface area (Å²) in [6.45, 7) is 3.16. The smallest absolute Gasteiger partial charge is 0.337 e. The summed E-state index contributed by atoms with van der Waals surface area (Å²) in [5, 5.41) is 17.5. The maximum Gasteiger partial charge on any atom is 0.337 e. The van der Waals surface area contributed by atoms with E-state index in [-0.39, 0.29) is 6.61 Å². The van der Waals surface area contributed by atoms with Gasteiger partial charge in [-0.1, -0.05) is 0 Å². The van der Waals surface area contributed by atoms with E-state index < -0.39 is 18.2 Å². The van der Waals surface area contributed by atoms with Gasteiger partial charge in [0.1, 0.15) is 0 Å². The number of hydrogen-bond donors (Lipinski definition) is 2. The zero-order valence-corrected chi connectivity index (χ0v) is 6.07. The first kappa shape index (κ1) is 9.39. The largest absolute Gasteiger partial charge is 0.464 e. The lowest BCUT2D eigenvalue weighted by Gasteiger charge is -2.10. The summed E-state index contributed by atoms with van der Waals surface area (Å²) in [4.78, 5) is 10.6. The normalized spacial score (nSPS) is 16.0. The number of aliphatic hydroxyl groups is 2. The fourth-order valence-electron chi connectivity index (χ4n) is 0.425. The molecule has 0 aromatic rings. The molecule has 0 radical (unpaired) electrons. The number of carbonyl (C=O) groups excluding carboxylic acids is 1. The van der Waals surface area contributed by atoms with Crippen molar-refractivity contribution in [3.8, 4) is 0 Å². The Hall–Kier alpha value is -0.610. The molecule has 0 rings (SSSR count). The van der Waals surface area contributed by atoms with Crippen molar-refractivity contribution in [3.63, 3.8) is 0 Å². The van der Waals surface area contributed by atoms with E-state index in [1.54, 1.807) is 6.92 Å². The summed E-state index contributed by atoms with van der Waals surface area (Å²) in [6.07, 6.45) is -2.49. The van der Waals surface area contributed by atoms with Crippen molar-refractivity contribution in [3.05, 3.63) is 0 Å². The summed E-state index contributed by atoms with van der Waals surface area (Å²) in [5.74, 6) is -0.780. The van der Waals surface area contributed by atoms with E-state index in [9.17, 15) is 4.79 Å². The highest BCUT2D eigenvalue weighted by Crippen LogP contribution is 1.94. The minimum atomic E-state index is -1.42. The van der Waals surface area contributed by atoms with E-state index in [0.29, 0.717) is 0 Å². The zero-order valence-electron chi connectivity index (χ0n) is 6.07. The Morgan fingerprint density at radius 1 is 1.60 bits per heavy atom. The molecule has 0 aliphatic rings. The lowest BCUT2D eigenvalue weighted by molar-refractivity contribution is -0.158. The van der Waals surface area contributed by atoms with E-state index in [4.69, 9.17) is 10.2 Å². The lowest BCUT2D eigenvalue weighted by Crippen LogP contribution is -2.33. The summed E-state index contributed by atoms with van der Waals surface area (Å²) in [6, 6.07) is 0. The highest BCUT2D eigenvalue weighted by atomic mass is 16.5. The van der Waals surface area contributed by atoms with Crippen LogP contribution in [0.3, 0.4) is 0 Å². The van der Waals surface area contributed by atoms with Crippen LogP contribution >= 0.6 is 0 Å².